The van der Waals surface area contributed by atoms with Gasteiger partial charge in [-0.05, 0) is 67.9 Å². The zero-order valence-electron chi connectivity index (χ0n) is 19.2. The molecule has 2 fully saturated rings. The Morgan fingerprint density at radius 2 is 1.73 bits per heavy atom. The van der Waals surface area contributed by atoms with Gasteiger partial charge in [-0.1, -0.05) is 31.4 Å². The summed E-state index contributed by atoms with van der Waals surface area (Å²) in [6, 6.07) is 12.3. The van der Waals surface area contributed by atoms with Crippen molar-refractivity contribution in [1.29, 1.82) is 0 Å². The molecule has 0 bridgehead atoms. The molecule has 1 aliphatic carbocycles. The fraction of sp³-hybridized carbons (Fsp3) is 0.464. The van der Waals surface area contributed by atoms with Crippen LogP contribution in [0.4, 0.5) is 5.69 Å². The second-order valence-electron chi connectivity index (χ2n) is 9.84. The molecule has 1 saturated heterocycles. The van der Waals surface area contributed by atoms with Crippen molar-refractivity contribution in [2.75, 3.05) is 24.6 Å². The molecule has 172 valence electrons. The second kappa shape index (κ2) is 8.44. The molecule has 3 heterocycles. The number of hydrogen-bond donors (Lipinski definition) is 1. The molecular formula is C28H32N2O3. The summed E-state index contributed by atoms with van der Waals surface area (Å²) in [6.07, 6.45) is 10.0. The van der Waals surface area contributed by atoms with E-state index in [0.717, 1.165) is 30.9 Å². The van der Waals surface area contributed by atoms with Gasteiger partial charge in [-0.3, -0.25) is 0 Å². The molecule has 5 nitrogen and oxygen atoms in total. The largest absolute Gasteiger partial charge is 0.489 e. The van der Waals surface area contributed by atoms with Gasteiger partial charge in [0.05, 0.1) is 23.5 Å². The Morgan fingerprint density at radius 3 is 2.52 bits per heavy atom. The number of hydrogen-bond acceptors (Lipinski definition) is 3. The maximum Gasteiger partial charge on any atom is 0.335 e. The van der Waals surface area contributed by atoms with Gasteiger partial charge in [0.15, 0.2) is 5.75 Å². The van der Waals surface area contributed by atoms with Crippen LogP contribution in [0.2, 0.25) is 0 Å². The third kappa shape index (κ3) is 3.49. The van der Waals surface area contributed by atoms with Crippen LogP contribution in [0.5, 0.6) is 5.75 Å². The molecule has 2 aliphatic heterocycles. The third-order valence-corrected chi connectivity index (χ3v) is 7.87. The van der Waals surface area contributed by atoms with Gasteiger partial charge in [0, 0.05) is 29.6 Å². The van der Waals surface area contributed by atoms with Crippen LogP contribution < -0.4 is 9.64 Å². The van der Waals surface area contributed by atoms with Crippen LogP contribution >= 0.6 is 0 Å². The number of aromatic carboxylic acids is 1. The van der Waals surface area contributed by atoms with E-state index in [0.29, 0.717) is 18.1 Å². The Kier molecular flexibility index (Phi) is 5.28. The summed E-state index contributed by atoms with van der Waals surface area (Å²) in [5.74, 6) is 0.651. The van der Waals surface area contributed by atoms with Crippen LogP contribution in [0.15, 0.2) is 36.4 Å². The number of fused-ring (bicyclic) bond motifs is 5. The minimum Gasteiger partial charge on any atom is -0.489 e. The lowest BCUT2D eigenvalue weighted by atomic mass is 9.81. The van der Waals surface area contributed by atoms with Crippen LogP contribution in [0, 0.1) is 0 Å². The maximum absolute atomic E-state index is 11.8. The summed E-state index contributed by atoms with van der Waals surface area (Å²) in [5.41, 5.74) is 6.43. The SMILES string of the molecule is O=C(O)c1ccc2c(C3CCCCC3)c3n(c2c1)CCOc1c-3cccc1N1CCCCC1. The monoisotopic (exact) mass is 444 g/mol. The Labute approximate surface area is 195 Å². The zero-order chi connectivity index (χ0) is 22.4. The first-order valence-corrected chi connectivity index (χ1v) is 12.6. The summed E-state index contributed by atoms with van der Waals surface area (Å²) in [6.45, 7) is 3.49. The summed E-state index contributed by atoms with van der Waals surface area (Å²) in [4.78, 5) is 14.3. The van der Waals surface area contributed by atoms with Crippen LogP contribution in [-0.2, 0) is 6.54 Å². The molecular weight excluding hydrogens is 412 g/mol. The normalized spacial score (nSPS) is 19.0. The van der Waals surface area contributed by atoms with Crippen LogP contribution in [-0.4, -0.2) is 35.3 Å². The van der Waals surface area contributed by atoms with Crippen molar-refractivity contribution in [3.63, 3.8) is 0 Å². The van der Waals surface area contributed by atoms with Crippen molar-refractivity contribution in [3.05, 3.63) is 47.5 Å². The highest BCUT2D eigenvalue weighted by molar-refractivity contribution is 5.99. The number of benzene rings is 2. The van der Waals surface area contributed by atoms with E-state index in [1.165, 1.54) is 79.3 Å². The maximum atomic E-state index is 11.8. The lowest BCUT2D eigenvalue weighted by Gasteiger charge is -2.31. The van der Waals surface area contributed by atoms with E-state index in [1.54, 1.807) is 6.07 Å². The summed E-state index contributed by atoms with van der Waals surface area (Å²) < 4.78 is 8.81. The van der Waals surface area contributed by atoms with Crippen LogP contribution in [0.25, 0.3) is 22.2 Å². The first kappa shape index (κ1) is 20.6. The number of carboxylic acids is 1. The minimum absolute atomic E-state index is 0.352. The summed E-state index contributed by atoms with van der Waals surface area (Å²) in [7, 11) is 0. The molecule has 1 aromatic heterocycles. The standard InChI is InChI=1S/C28H32N2O3/c31-28(32)20-12-13-21-24(18-20)30-16-17-33-27-22(26(30)25(21)19-8-3-1-4-9-19)10-7-11-23(27)29-14-5-2-6-15-29/h7,10-13,18-19H,1-6,8-9,14-17H2,(H,31,32). The highest BCUT2D eigenvalue weighted by Gasteiger charge is 2.31. The van der Waals surface area contributed by atoms with Gasteiger partial charge < -0.3 is 19.3 Å². The van der Waals surface area contributed by atoms with Crippen molar-refractivity contribution < 1.29 is 14.6 Å². The number of ether oxygens (including phenoxy) is 1. The fourth-order valence-electron chi connectivity index (χ4n) is 6.32. The number of carbonyl (C=O) groups is 1. The van der Waals surface area contributed by atoms with E-state index in [1.807, 2.05) is 6.07 Å². The molecule has 3 aliphatic rings. The fourth-order valence-corrected chi connectivity index (χ4v) is 6.32. The second-order valence-corrected chi connectivity index (χ2v) is 9.84. The average Bonchev–Trinajstić information content (AvgIpc) is 3.05. The van der Waals surface area contributed by atoms with E-state index in [-0.39, 0.29) is 0 Å². The summed E-state index contributed by atoms with van der Waals surface area (Å²) in [5, 5.41) is 10.9. The van der Waals surface area contributed by atoms with E-state index >= 15 is 0 Å². The molecule has 3 aromatic rings. The van der Waals surface area contributed by atoms with Crippen LogP contribution in [0.1, 0.15) is 73.2 Å². The Hall–Kier alpha value is -2.95. The number of piperidine rings is 1. The molecule has 1 saturated carbocycles. The minimum atomic E-state index is -0.871. The van der Waals surface area contributed by atoms with E-state index in [2.05, 4.69) is 33.7 Å². The molecule has 0 unspecified atom stereocenters. The topological polar surface area (TPSA) is 54.7 Å². The predicted octanol–water partition coefficient (Wildman–Crippen LogP) is 6.44. The highest BCUT2D eigenvalue weighted by atomic mass is 16.5. The quantitative estimate of drug-likeness (QED) is 0.505. The number of para-hydroxylation sites is 1. The lowest BCUT2D eigenvalue weighted by Crippen LogP contribution is -2.29. The van der Waals surface area contributed by atoms with Gasteiger partial charge >= 0.3 is 5.97 Å². The highest BCUT2D eigenvalue weighted by Crippen LogP contribution is 2.49. The summed E-state index contributed by atoms with van der Waals surface area (Å²) >= 11 is 0. The molecule has 5 heteroatoms. The zero-order valence-corrected chi connectivity index (χ0v) is 19.2. The van der Waals surface area contributed by atoms with Crippen molar-refractivity contribution in [2.24, 2.45) is 0 Å². The smallest absolute Gasteiger partial charge is 0.335 e. The number of nitrogens with zero attached hydrogens (tertiary/aromatic N) is 2. The molecule has 0 atom stereocenters. The molecule has 0 radical (unpaired) electrons. The first-order valence-electron chi connectivity index (χ1n) is 12.6. The Balaban J connectivity index is 1.60. The van der Waals surface area contributed by atoms with Crippen molar-refractivity contribution in [1.82, 2.24) is 4.57 Å². The van der Waals surface area contributed by atoms with Gasteiger partial charge in [0.25, 0.3) is 0 Å². The average molecular weight is 445 g/mol. The number of aromatic nitrogens is 1. The molecule has 6 rings (SSSR count). The lowest BCUT2D eigenvalue weighted by molar-refractivity contribution is 0.0697. The van der Waals surface area contributed by atoms with Gasteiger partial charge in [0.1, 0.15) is 6.61 Å². The first-order chi connectivity index (χ1) is 16.2. The van der Waals surface area contributed by atoms with Gasteiger partial charge in [-0.2, -0.15) is 0 Å². The molecule has 2 aromatic carbocycles. The Bertz CT molecular complexity index is 1200. The van der Waals surface area contributed by atoms with Crippen LogP contribution in [0.3, 0.4) is 0 Å². The van der Waals surface area contributed by atoms with Crippen molar-refractivity contribution >= 4 is 22.6 Å². The van der Waals surface area contributed by atoms with Crippen molar-refractivity contribution in [2.45, 2.75) is 63.8 Å². The van der Waals surface area contributed by atoms with E-state index < -0.39 is 5.97 Å². The number of rotatable bonds is 3. The van der Waals surface area contributed by atoms with E-state index in [4.69, 9.17) is 4.74 Å². The van der Waals surface area contributed by atoms with E-state index in [9.17, 15) is 9.90 Å². The molecule has 0 amide bonds. The van der Waals surface area contributed by atoms with Gasteiger partial charge in [0.2, 0.25) is 0 Å². The molecule has 1 N–H and O–H groups in total. The Morgan fingerprint density at radius 1 is 0.939 bits per heavy atom. The predicted molar refractivity (Wildman–Crippen MR) is 132 cm³/mol. The number of anilines is 1. The van der Waals surface area contributed by atoms with Gasteiger partial charge in [-0.25, -0.2) is 4.79 Å². The van der Waals surface area contributed by atoms with Crippen molar-refractivity contribution in [3.8, 4) is 17.0 Å². The molecule has 33 heavy (non-hydrogen) atoms. The van der Waals surface area contributed by atoms with Gasteiger partial charge in [-0.15, -0.1) is 0 Å². The molecule has 0 spiro atoms. The third-order valence-electron chi connectivity index (χ3n) is 7.87. The number of carboxylic acid groups (broad SMARTS) is 1.